The normalized spacial score (nSPS) is 24.0. The molecule has 0 bridgehead atoms. The van der Waals surface area contributed by atoms with Gasteiger partial charge in [-0.05, 0) is 31.7 Å². The lowest BCUT2D eigenvalue weighted by atomic mass is 9.94. The first-order valence-electron chi connectivity index (χ1n) is 8.21. The predicted molar refractivity (Wildman–Crippen MR) is 90.8 cm³/mol. The van der Waals surface area contributed by atoms with Crippen LogP contribution in [0.3, 0.4) is 0 Å². The number of carbonyl (C=O) groups is 2. The highest BCUT2D eigenvalue weighted by molar-refractivity contribution is 5.87. The molecule has 0 spiro atoms. The van der Waals surface area contributed by atoms with Gasteiger partial charge in [-0.15, -0.1) is 0 Å². The molecule has 1 aliphatic carbocycles. The zero-order valence-electron chi connectivity index (χ0n) is 14.2. The first-order valence-corrected chi connectivity index (χ1v) is 8.21. The average Bonchev–Trinajstić information content (AvgIpc) is 2.53. The van der Waals surface area contributed by atoms with Crippen molar-refractivity contribution in [3.8, 4) is 0 Å². The number of carboxylic acid groups (broad SMARTS) is 1. The Balaban J connectivity index is 2.58. The van der Waals surface area contributed by atoms with E-state index in [0.29, 0.717) is 12.8 Å². The van der Waals surface area contributed by atoms with Gasteiger partial charge in [-0.2, -0.15) is 0 Å². The maximum atomic E-state index is 12.3. The van der Waals surface area contributed by atoms with Gasteiger partial charge in [0.05, 0.1) is 6.04 Å². The third-order valence-electron chi connectivity index (χ3n) is 4.37. The fourth-order valence-corrected chi connectivity index (χ4v) is 2.65. The highest BCUT2D eigenvalue weighted by atomic mass is 16.4. The van der Waals surface area contributed by atoms with E-state index in [1.54, 1.807) is 7.05 Å². The Morgan fingerprint density at radius 1 is 1.26 bits per heavy atom. The smallest absolute Gasteiger partial charge is 0.326 e. The van der Waals surface area contributed by atoms with Crippen LogP contribution in [0.4, 0.5) is 0 Å². The van der Waals surface area contributed by atoms with Crippen LogP contribution in [0.2, 0.25) is 0 Å². The predicted octanol–water partition coefficient (Wildman–Crippen LogP) is 1.04. The van der Waals surface area contributed by atoms with Gasteiger partial charge in [-0.1, -0.05) is 44.6 Å². The van der Waals surface area contributed by atoms with E-state index in [9.17, 15) is 14.7 Å². The molecule has 0 aliphatic heterocycles. The molecule has 3 atom stereocenters. The molecule has 0 radical (unpaired) electrons. The number of amides is 1. The minimum atomic E-state index is -1.00. The molecule has 1 rings (SSSR count). The minimum Gasteiger partial charge on any atom is -0.480 e. The van der Waals surface area contributed by atoms with E-state index >= 15 is 0 Å². The third-order valence-corrected chi connectivity index (χ3v) is 4.37. The second kappa shape index (κ2) is 9.47. The van der Waals surface area contributed by atoms with Gasteiger partial charge in [0.25, 0.3) is 0 Å². The number of nitrogens with one attached hydrogen (secondary N) is 2. The molecule has 0 fully saturated rings. The number of likely N-dealkylation sites (N-methyl/N-ethyl adjacent to an activating group) is 1. The average molecular weight is 323 g/mol. The molecule has 6 heteroatoms. The van der Waals surface area contributed by atoms with Crippen LogP contribution >= 0.6 is 0 Å². The summed E-state index contributed by atoms with van der Waals surface area (Å²) in [5.41, 5.74) is 5.73. The van der Waals surface area contributed by atoms with Gasteiger partial charge >= 0.3 is 5.97 Å². The lowest BCUT2D eigenvalue weighted by molar-refractivity contribution is -0.142. The summed E-state index contributed by atoms with van der Waals surface area (Å²) < 4.78 is 0. The van der Waals surface area contributed by atoms with Crippen molar-refractivity contribution >= 4 is 11.9 Å². The van der Waals surface area contributed by atoms with Gasteiger partial charge in [0, 0.05) is 6.04 Å². The van der Waals surface area contributed by atoms with Crippen molar-refractivity contribution in [2.45, 2.75) is 51.2 Å². The molecule has 0 saturated carbocycles. The maximum Gasteiger partial charge on any atom is 0.326 e. The van der Waals surface area contributed by atoms with E-state index in [-0.39, 0.29) is 29.8 Å². The van der Waals surface area contributed by atoms with Crippen LogP contribution in [0.1, 0.15) is 33.1 Å². The third kappa shape index (κ3) is 6.15. The molecule has 5 N–H and O–H groups in total. The molecule has 6 nitrogen and oxygen atoms in total. The molecule has 0 unspecified atom stereocenters. The fourth-order valence-electron chi connectivity index (χ4n) is 2.65. The van der Waals surface area contributed by atoms with Crippen molar-refractivity contribution < 1.29 is 14.7 Å². The van der Waals surface area contributed by atoms with E-state index in [1.807, 2.05) is 38.2 Å². The number of aliphatic carboxylic acids is 1. The van der Waals surface area contributed by atoms with Crippen LogP contribution in [0.5, 0.6) is 0 Å². The van der Waals surface area contributed by atoms with E-state index in [4.69, 9.17) is 5.73 Å². The van der Waals surface area contributed by atoms with Crippen molar-refractivity contribution in [2.75, 3.05) is 7.05 Å². The van der Waals surface area contributed by atoms with Gasteiger partial charge in [0.1, 0.15) is 6.04 Å². The second-order valence-corrected chi connectivity index (χ2v) is 6.14. The molecule has 130 valence electrons. The van der Waals surface area contributed by atoms with E-state index in [2.05, 4.69) is 10.6 Å². The standard InChI is InChI=1S/C17H29N3O3/c1-4-11(2)15(19-3)16(21)20-14(17(22)23)10-7-12-5-8-13(18)9-6-12/h5-6,8-9,11-15,19H,4,7,10,18H2,1-3H3,(H,20,21)(H,22,23)/t11-,12?,13?,14-,15-/m0/s1. The van der Waals surface area contributed by atoms with Crippen molar-refractivity contribution in [2.24, 2.45) is 17.6 Å². The summed E-state index contributed by atoms with van der Waals surface area (Å²) in [4.78, 5) is 23.7. The maximum absolute atomic E-state index is 12.3. The number of rotatable bonds is 9. The Morgan fingerprint density at radius 2 is 1.87 bits per heavy atom. The lowest BCUT2D eigenvalue weighted by Gasteiger charge is -2.24. The monoisotopic (exact) mass is 323 g/mol. The second-order valence-electron chi connectivity index (χ2n) is 6.14. The number of hydrogen-bond acceptors (Lipinski definition) is 4. The van der Waals surface area contributed by atoms with Crippen LogP contribution < -0.4 is 16.4 Å². The van der Waals surface area contributed by atoms with Crippen LogP contribution in [0, 0.1) is 11.8 Å². The molecule has 0 aromatic heterocycles. The number of hydrogen-bond donors (Lipinski definition) is 4. The Bertz CT molecular complexity index is 448. The fraction of sp³-hybridized carbons (Fsp3) is 0.647. The Morgan fingerprint density at radius 3 is 2.35 bits per heavy atom. The number of carboxylic acids is 1. The summed E-state index contributed by atoms with van der Waals surface area (Å²) in [6.07, 6.45) is 9.66. The van der Waals surface area contributed by atoms with Crippen LogP contribution in [-0.4, -0.2) is 42.2 Å². The zero-order chi connectivity index (χ0) is 17.4. The van der Waals surface area contributed by atoms with Crippen molar-refractivity contribution in [3.05, 3.63) is 24.3 Å². The van der Waals surface area contributed by atoms with Crippen molar-refractivity contribution in [3.63, 3.8) is 0 Å². The van der Waals surface area contributed by atoms with E-state index in [1.165, 1.54) is 0 Å². The SMILES string of the molecule is CC[C@H](C)[C@H](NC)C(=O)N[C@@H](CCC1C=CC(N)C=C1)C(=O)O. The summed E-state index contributed by atoms with van der Waals surface area (Å²) >= 11 is 0. The van der Waals surface area contributed by atoms with Crippen LogP contribution in [0.25, 0.3) is 0 Å². The molecular formula is C17H29N3O3. The zero-order valence-corrected chi connectivity index (χ0v) is 14.2. The van der Waals surface area contributed by atoms with Gasteiger partial charge in [0.2, 0.25) is 5.91 Å². The van der Waals surface area contributed by atoms with Crippen molar-refractivity contribution in [1.29, 1.82) is 0 Å². The summed E-state index contributed by atoms with van der Waals surface area (Å²) in [6, 6.07) is -1.32. The molecule has 23 heavy (non-hydrogen) atoms. The molecule has 0 aromatic carbocycles. The van der Waals surface area contributed by atoms with Gasteiger partial charge in [0.15, 0.2) is 0 Å². The highest BCUT2D eigenvalue weighted by Crippen LogP contribution is 2.17. The number of nitrogens with two attached hydrogens (primary N) is 1. The lowest BCUT2D eigenvalue weighted by Crippen LogP contribution is -2.51. The summed E-state index contributed by atoms with van der Waals surface area (Å²) in [5, 5.41) is 15.0. The van der Waals surface area contributed by atoms with Crippen LogP contribution in [-0.2, 0) is 9.59 Å². The minimum absolute atomic E-state index is 0.0619. The number of carbonyl (C=O) groups excluding carboxylic acids is 1. The first kappa shape index (κ1) is 19.4. The molecule has 1 aliphatic rings. The van der Waals surface area contributed by atoms with E-state index < -0.39 is 12.0 Å². The summed E-state index contributed by atoms with van der Waals surface area (Å²) in [5.74, 6) is -0.952. The highest BCUT2D eigenvalue weighted by Gasteiger charge is 2.27. The van der Waals surface area contributed by atoms with Gasteiger partial charge < -0.3 is 21.5 Å². The summed E-state index contributed by atoms with van der Waals surface area (Å²) in [7, 11) is 1.72. The van der Waals surface area contributed by atoms with Crippen molar-refractivity contribution in [1.82, 2.24) is 10.6 Å². The largest absolute Gasteiger partial charge is 0.480 e. The van der Waals surface area contributed by atoms with Crippen LogP contribution in [0.15, 0.2) is 24.3 Å². The Hall–Kier alpha value is -1.66. The quantitative estimate of drug-likeness (QED) is 0.475. The summed E-state index contributed by atoms with van der Waals surface area (Å²) in [6.45, 7) is 3.97. The molecule has 0 aromatic rings. The van der Waals surface area contributed by atoms with Gasteiger partial charge in [-0.25, -0.2) is 4.79 Å². The van der Waals surface area contributed by atoms with E-state index in [0.717, 1.165) is 6.42 Å². The number of allylic oxidation sites excluding steroid dienone is 2. The molecule has 0 saturated heterocycles. The topological polar surface area (TPSA) is 104 Å². The Kier molecular flexibility index (Phi) is 7.98. The first-order chi connectivity index (χ1) is 10.9. The Labute approximate surface area is 138 Å². The molecular weight excluding hydrogens is 294 g/mol. The van der Waals surface area contributed by atoms with Gasteiger partial charge in [-0.3, -0.25) is 4.79 Å². The molecule has 1 amide bonds. The molecule has 0 heterocycles.